The minimum atomic E-state index is -0.561. The molecule has 4 unspecified atom stereocenters. The van der Waals surface area contributed by atoms with Crippen LogP contribution in [0.25, 0.3) is 0 Å². The van der Waals surface area contributed by atoms with Gasteiger partial charge in [0.25, 0.3) is 5.91 Å². The highest BCUT2D eigenvalue weighted by atomic mass is 16.4. The average molecular weight is 558 g/mol. The molecule has 0 bridgehead atoms. The molecule has 0 radical (unpaired) electrons. The summed E-state index contributed by atoms with van der Waals surface area (Å²) in [6.07, 6.45) is 9.45. The first kappa shape index (κ1) is 26.6. The maximum atomic E-state index is 14.7. The van der Waals surface area contributed by atoms with Gasteiger partial charge in [-0.3, -0.25) is 9.48 Å². The number of fused-ring (bicyclic) bond motifs is 1. The van der Waals surface area contributed by atoms with Crippen LogP contribution in [0.3, 0.4) is 0 Å². The summed E-state index contributed by atoms with van der Waals surface area (Å²) in [5.41, 5.74) is 1.91. The summed E-state index contributed by atoms with van der Waals surface area (Å²) in [4.78, 5) is 28.2. The molecule has 3 aliphatic carbocycles. The molecule has 9 nitrogen and oxygen atoms in total. The summed E-state index contributed by atoms with van der Waals surface area (Å²) in [5.74, 6) is 2.15. The number of likely N-dealkylation sites (tertiary alicyclic amines) is 1. The lowest BCUT2D eigenvalue weighted by Gasteiger charge is -2.49. The van der Waals surface area contributed by atoms with E-state index in [1.165, 1.54) is 12.8 Å². The number of quaternary nitrogens is 1. The van der Waals surface area contributed by atoms with Gasteiger partial charge in [0.1, 0.15) is 23.5 Å². The van der Waals surface area contributed by atoms with Crippen molar-refractivity contribution in [2.45, 2.75) is 89.1 Å². The average Bonchev–Trinajstić information content (AvgIpc) is 3.20. The van der Waals surface area contributed by atoms with Crippen molar-refractivity contribution in [1.82, 2.24) is 29.8 Å². The fourth-order valence-electron chi connectivity index (χ4n) is 7.96. The molecule has 4 fully saturated rings. The van der Waals surface area contributed by atoms with Crippen molar-refractivity contribution in [3.05, 3.63) is 59.6 Å². The summed E-state index contributed by atoms with van der Waals surface area (Å²) in [6, 6.07) is 9.65. The lowest BCUT2D eigenvalue weighted by atomic mass is 9.64. The van der Waals surface area contributed by atoms with Crippen molar-refractivity contribution in [2.24, 2.45) is 24.3 Å². The lowest BCUT2D eigenvalue weighted by molar-refractivity contribution is -0.140. The molecule has 2 aromatic heterocycles. The molecule has 3 saturated carbocycles. The fraction of sp³-hybridized carbons (Fsp3) is 0.594. The molecule has 216 valence electrons. The number of hydrogen-bond acceptors (Lipinski definition) is 6. The number of rotatable bonds is 7. The number of amides is 2. The van der Waals surface area contributed by atoms with Crippen molar-refractivity contribution >= 4 is 17.5 Å². The van der Waals surface area contributed by atoms with Crippen LogP contribution in [0.4, 0.5) is 5.69 Å². The molecule has 1 saturated heterocycles. The van der Waals surface area contributed by atoms with Crippen molar-refractivity contribution in [3.63, 3.8) is 0 Å². The molecule has 1 aromatic carbocycles. The maximum Gasteiger partial charge on any atom is 0.341 e. The molecule has 5 atom stereocenters. The van der Waals surface area contributed by atoms with Crippen LogP contribution in [-0.2, 0) is 17.3 Å². The molecular weight excluding hydrogens is 516 g/mol. The summed E-state index contributed by atoms with van der Waals surface area (Å²) >= 11 is 0. The smallest absolute Gasteiger partial charge is 0.341 e. The minimum absolute atomic E-state index is 0.0200. The standard InChI is InChI=1S/C32H40N6O3/c1-31(2,30-36-35-28(41-30)20-11-7-12-20)21-13-8-14-22(17-21)38(5)24-18-32(24,3)25(19-9-6-10-19)26(29(38)40)34-27(39)23-15-16-33-37(23)4/h8,13-17,19-20,24-26H,6-7,9-12,18H2,1-5H3/p+1/t24?,25?,26-,32?,38?/m0/s1. The van der Waals surface area contributed by atoms with Crippen molar-refractivity contribution < 1.29 is 14.0 Å². The number of hydrogen-bond donors (Lipinski definition) is 1. The van der Waals surface area contributed by atoms with Gasteiger partial charge in [0.05, 0.1) is 12.5 Å². The van der Waals surface area contributed by atoms with Crippen LogP contribution < -0.4 is 9.80 Å². The van der Waals surface area contributed by atoms with Crippen LogP contribution in [0.1, 0.15) is 99.5 Å². The number of nitrogens with zero attached hydrogens (tertiary/aromatic N) is 5. The number of carbonyl (C=O) groups excluding carboxylic acids is 2. The molecule has 1 N–H and O–H groups in total. The molecule has 2 amide bonds. The summed E-state index contributed by atoms with van der Waals surface area (Å²) in [6.45, 7) is 6.54. The third-order valence-electron chi connectivity index (χ3n) is 11.2. The first-order valence-corrected chi connectivity index (χ1v) is 15.2. The van der Waals surface area contributed by atoms with E-state index in [2.05, 4.69) is 59.6 Å². The van der Waals surface area contributed by atoms with E-state index in [9.17, 15) is 9.59 Å². The van der Waals surface area contributed by atoms with Crippen molar-refractivity contribution in [1.29, 1.82) is 0 Å². The molecule has 1 aliphatic heterocycles. The Morgan fingerprint density at radius 2 is 1.90 bits per heavy atom. The van der Waals surface area contributed by atoms with Crippen molar-refractivity contribution in [2.75, 3.05) is 7.05 Å². The second kappa shape index (κ2) is 9.08. The van der Waals surface area contributed by atoms with E-state index >= 15 is 0 Å². The predicted molar refractivity (Wildman–Crippen MR) is 154 cm³/mol. The van der Waals surface area contributed by atoms with E-state index in [-0.39, 0.29) is 33.7 Å². The minimum Gasteiger partial charge on any atom is -0.424 e. The second-order valence-corrected chi connectivity index (χ2v) is 13.9. The Bertz CT molecular complexity index is 1520. The number of likely N-dealkylation sites (N-methyl/N-ethyl adjacent to an activating group) is 1. The number of piperidine rings is 1. The van der Waals surface area contributed by atoms with Gasteiger partial charge in [-0.15, -0.1) is 10.2 Å². The summed E-state index contributed by atoms with van der Waals surface area (Å²) in [7, 11) is 3.80. The molecule has 41 heavy (non-hydrogen) atoms. The van der Waals surface area contributed by atoms with E-state index in [0.717, 1.165) is 49.2 Å². The topological polar surface area (TPSA) is 103 Å². The van der Waals surface area contributed by atoms with E-state index < -0.39 is 11.5 Å². The molecule has 3 heterocycles. The molecule has 4 aliphatic rings. The zero-order valence-corrected chi connectivity index (χ0v) is 24.8. The molecule has 7 rings (SSSR count). The van der Waals surface area contributed by atoms with Gasteiger partial charge >= 0.3 is 5.91 Å². The Morgan fingerprint density at radius 3 is 2.54 bits per heavy atom. The molecule has 9 heteroatoms. The Kier molecular flexibility index (Phi) is 5.88. The van der Waals surface area contributed by atoms with Gasteiger partial charge < -0.3 is 9.73 Å². The van der Waals surface area contributed by atoms with Gasteiger partial charge in [0, 0.05) is 43.0 Å². The highest BCUT2D eigenvalue weighted by molar-refractivity contribution is 6.01. The van der Waals surface area contributed by atoms with Crippen molar-refractivity contribution in [3.8, 4) is 0 Å². The first-order chi connectivity index (χ1) is 19.5. The van der Waals surface area contributed by atoms with Gasteiger partial charge in [-0.1, -0.05) is 44.7 Å². The quantitative estimate of drug-likeness (QED) is 0.416. The summed E-state index contributed by atoms with van der Waals surface area (Å²) < 4.78 is 7.94. The number of nitrogens with one attached hydrogen (secondary N) is 1. The Balaban J connectivity index is 1.24. The van der Waals surface area contributed by atoms with E-state index in [4.69, 9.17) is 4.42 Å². The third kappa shape index (κ3) is 3.87. The summed E-state index contributed by atoms with van der Waals surface area (Å²) in [5, 5.41) is 16.2. The Labute approximate surface area is 241 Å². The van der Waals surface area contributed by atoms with Gasteiger partial charge in [0.15, 0.2) is 0 Å². The van der Waals surface area contributed by atoms with Crippen LogP contribution in [0, 0.1) is 17.3 Å². The molecule has 3 aromatic rings. The van der Waals surface area contributed by atoms with E-state index in [1.54, 1.807) is 24.0 Å². The zero-order chi connectivity index (χ0) is 28.7. The zero-order valence-electron chi connectivity index (χ0n) is 24.8. The van der Waals surface area contributed by atoms with Crippen LogP contribution in [0.5, 0.6) is 0 Å². The van der Waals surface area contributed by atoms with Crippen LogP contribution >= 0.6 is 0 Å². The second-order valence-electron chi connectivity index (χ2n) is 13.9. The third-order valence-corrected chi connectivity index (χ3v) is 11.2. The largest absolute Gasteiger partial charge is 0.424 e. The van der Waals surface area contributed by atoms with Crippen LogP contribution in [0.15, 0.2) is 40.9 Å². The lowest BCUT2D eigenvalue weighted by Crippen LogP contribution is -2.69. The molecular formula is C32H41N6O3+. The van der Waals surface area contributed by atoms with Gasteiger partial charge in [-0.2, -0.15) is 5.10 Å². The highest BCUT2D eigenvalue weighted by Gasteiger charge is 2.75. The monoisotopic (exact) mass is 557 g/mol. The fourth-order valence-corrected chi connectivity index (χ4v) is 7.96. The van der Waals surface area contributed by atoms with Gasteiger partial charge in [0.2, 0.25) is 11.8 Å². The Hall–Kier alpha value is -3.33. The van der Waals surface area contributed by atoms with Crippen LogP contribution in [-0.4, -0.2) is 50.9 Å². The van der Waals surface area contributed by atoms with E-state index in [1.807, 2.05) is 13.1 Å². The molecule has 0 spiro atoms. The normalized spacial score (nSPS) is 31.7. The van der Waals surface area contributed by atoms with Gasteiger partial charge in [-0.05, 0) is 50.3 Å². The number of aryl methyl sites for hydroxylation is 1. The highest BCUT2D eigenvalue weighted by Crippen LogP contribution is 2.66. The number of benzene rings is 1. The Morgan fingerprint density at radius 1 is 1.15 bits per heavy atom. The number of carbonyl (C=O) groups is 2. The first-order valence-electron chi connectivity index (χ1n) is 15.2. The van der Waals surface area contributed by atoms with Crippen LogP contribution in [0.2, 0.25) is 0 Å². The van der Waals surface area contributed by atoms with E-state index in [0.29, 0.717) is 23.4 Å². The van der Waals surface area contributed by atoms with Gasteiger partial charge in [-0.25, -0.2) is 9.28 Å². The number of aromatic nitrogens is 4. The maximum absolute atomic E-state index is 14.7. The predicted octanol–water partition coefficient (Wildman–Crippen LogP) is 4.87. The SMILES string of the molecule is Cn1nccc1C(=O)N[C@@H]1C(=O)[N+](C)(c2cccc(C(C)(C)c3nnc(C4CCC4)o3)c2)C2CC2(C)C1C1CCC1.